The molecule has 3 aromatic rings. The summed E-state index contributed by atoms with van der Waals surface area (Å²) in [5, 5.41) is 11.1. The lowest BCUT2D eigenvalue weighted by atomic mass is 10.0. The molecule has 1 aromatic heterocycles. The summed E-state index contributed by atoms with van der Waals surface area (Å²) in [7, 11) is 0. The van der Waals surface area contributed by atoms with Crippen molar-refractivity contribution < 1.29 is 18.7 Å². The fourth-order valence-corrected chi connectivity index (χ4v) is 3.33. The monoisotopic (exact) mass is 425 g/mol. The molecule has 8 heteroatoms. The number of carbonyl (C=O) groups excluding carboxylic acids is 2. The van der Waals surface area contributed by atoms with Gasteiger partial charge in [-0.15, -0.1) is 10.2 Å². The smallest absolute Gasteiger partial charge is 0.340 e. The Kier molecular flexibility index (Phi) is 7.24. The van der Waals surface area contributed by atoms with E-state index in [-0.39, 0.29) is 18.3 Å². The van der Waals surface area contributed by atoms with Gasteiger partial charge in [0.2, 0.25) is 11.8 Å². The van der Waals surface area contributed by atoms with Crippen LogP contribution in [0, 0.1) is 13.8 Å². The minimum Gasteiger partial charge on any atom is -0.462 e. The number of thioether (sulfide) groups is 1. The van der Waals surface area contributed by atoms with Gasteiger partial charge in [0.25, 0.3) is 5.22 Å². The van der Waals surface area contributed by atoms with E-state index in [1.54, 1.807) is 31.2 Å². The summed E-state index contributed by atoms with van der Waals surface area (Å²) in [5.74, 6) is -0.198. The number of hydrogen-bond acceptors (Lipinski definition) is 7. The van der Waals surface area contributed by atoms with Crippen molar-refractivity contribution in [2.75, 3.05) is 17.7 Å². The van der Waals surface area contributed by atoms with Crippen LogP contribution in [0.25, 0.3) is 0 Å². The number of aromatic nitrogens is 2. The molecule has 2 aromatic carbocycles. The minimum atomic E-state index is -0.478. The third-order valence-electron chi connectivity index (χ3n) is 4.40. The van der Waals surface area contributed by atoms with Crippen LogP contribution in [0.2, 0.25) is 0 Å². The van der Waals surface area contributed by atoms with Gasteiger partial charge >= 0.3 is 5.97 Å². The number of ether oxygens (including phenoxy) is 1. The van der Waals surface area contributed by atoms with Gasteiger partial charge in [0.1, 0.15) is 0 Å². The third-order valence-corrected chi connectivity index (χ3v) is 5.22. The first kappa shape index (κ1) is 21.6. The Hall–Kier alpha value is -3.13. The van der Waals surface area contributed by atoms with Crippen LogP contribution in [0.4, 0.5) is 5.69 Å². The van der Waals surface area contributed by atoms with E-state index in [9.17, 15) is 9.59 Å². The zero-order valence-electron chi connectivity index (χ0n) is 17.1. The van der Waals surface area contributed by atoms with Gasteiger partial charge in [-0.05, 0) is 49.6 Å². The molecule has 3 rings (SSSR count). The molecule has 0 aliphatic rings. The van der Waals surface area contributed by atoms with E-state index in [4.69, 9.17) is 9.15 Å². The fourth-order valence-electron chi connectivity index (χ4n) is 2.75. The molecule has 0 saturated heterocycles. The molecule has 0 unspecified atom stereocenters. The average molecular weight is 426 g/mol. The lowest BCUT2D eigenvalue weighted by Gasteiger charge is -2.09. The topological polar surface area (TPSA) is 94.3 Å². The molecule has 0 aliphatic carbocycles. The number of nitrogens with zero attached hydrogens (tertiary/aromatic N) is 2. The average Bonchev–Trinajstić information content (AvgIpc) is 3.17. The predicted octanol–water partition coefficient (Wildman–Crippen LogP) is 4.18. The van der Waals surface area contributed by atoms with E-state index in [0.29, 0.717) is 28.8 Å². The van der Waals surface area contributed by atoms with Crippen molar-refractivity contribution in [3.05, 3.63) is 70.6 Å². The van der Waals surface area contributed by atoms with E-state index in [1.807, 2.05) is 6.07 Å². The molecule has 0 fully saturated rings. The quantitative estimate of drug-likeness (QED) is 0.427. The molecule has 1 heterocycles. The van der Waals surface area contributed by atoms with Crippen LogP contribution in [0.15, 0.2) is 52.1 Å². The second kappa shape index (κ2) is 10.1. The molecule has 156 valence electrons. The summed E-state index contributed by atoms with van der Waals surface area (Å²) in [4.78, 5) is 24.3. The van der Waals surface area contributed by atoms with Crippen LogP contribution in [-0.4, -0.2) is 34.4 Å². The maximum absolute atomic E-state index is 12.3. The molecule has 1 N–H and O–H groups in total. The summed E-state index contributed by atoms with van der Waals surface area (Å²) in [5.41, 5.74) is 4.25. The first-order valence-electron chi connectivity index (χ1n) is 9.53. The zero-order chi connectivity index (χ0) is 21.5. The van der Waals surface area contributed by atoms with Gasteiger partial charge in [0.05, 0.1) is 30.0 Å². The third kappa shape index (κ3) is 5.70. The zero-order valence-corrected chi connectivity index (χ0v) is 17.9. The van der Waals surface area contributed by atoms with Gasteiger partial charge < -0.3 is 14.5 Å². The molecule has 0 radical (unpaired) electrons. The van der Waals surface area contributed by atoms with Crippen molar-refractivity contribution in [3.8, 4) is 0 Å². The van der Waals surface area contributed by atoms with Gasteiger partial charge in [0.15, 0.2) is 0 Å². The van der Waals surface area contributed by atoms with E-state index < -0.39 is 5.97 Å². The second-order valence-corrected chi connectivity index (χ2v) is 7.59. The standard InChI is InChI=1S/C22H23N3O4S/c1-4-28-21(27)17-7-5-6-8-18(17)23-19(26)13-30-22-25-24-20(29-22)12-16-10-9-14(2)15(3)11-16/h5-11H,4,12-13H2,1-3H3,(H,23,26). The second-order valence-electron chi connectivity index (χ2n) is 6.66. The molecule has 0 spiro atoms. The summed E-state index contributed by atoms with van der Waals surface area (Å²) in [6, 6.07) is 12.9. The SMILES string of the molecule is CCOC(=O)c1ccccc1NC(=O)CSc1nnc(Cc2ccc(C)c(C)c2)o1. The summed E-state index contributed by atoms with van der Waals surface area (Å²) in [6.45, 7) is 6.12. The van der Waals surface area contributed by atoms with Crippen molar-refractivity contribution in [2.45, 2.75) is 32.4 Å². The first-order chi connectivity index (χ1) is 14.5. The number of carbonyl (C=O) groups is 2. The van der Waals surface area contributed by atoms with Crippen molar-refractivity contribution >= 4 is 29.3 Å². The number of rotatable bonds is 8. The number of nitrogens with one attached hydrogen (secondary N) is 1. The lowest BCUT2D eigenvalue weighted by Crippen LogP contribution is -2.17. The molecule has 30 heavy (non-hydrogen) atoms. The molecular weight excluding hydrogens is 402 g/mol. The number of esters is 1. The summed E-state index contributed by atoms with van der Waals surface area (Å²) >= 11 is 1.14. The van der Waals surface area contributed by atoms with Crippen LogP contribution in [0.5, 0.6) is 0 Å². The van der Waals surface area contributed by atoms with Crippen molar-refractivity contribution in [3.63, 3.8) is 0 Å². The summed E-state index contributed by atoms with van der Waals surface area (Å²) < 4.78 is 10.7. The van der Waals surface area contributed by atoms with Crippen molar-refractivity contribution in [2.24, 2.45) is 0 Å². The van der Waals surface area contributed by atoms with E-state index in [2.05, 4.69) is 41.5 Å². The molecular formula is C22H23N3O4S. The maximum atomic E-state index is 12.3. The predicted molar refractivity (Wildman–Crippen MR) is 115 cm³/mol. The highest BCUT2D eigenvalue weighted by molar-refractivity contribution is 7.99. The van der Waals surface area contributed by atoms with Crippen LogP contribution >= 0.6 is 11.8 Å². The van der Waals surface area contributed by atoms with Crippen LogP contribution < -0.4 is 5.32 Å². The Morgan fingerprint density at radius 3 is 2.67 bits per heavy atom. The van der Waals surface area contributed by atoms with Crippen LogP contribution in [-0.2, 0) is 16.0 Å². The molecule has 0 aliphatic heterocycles. The minimum absolute atomic E-state index is 0.0719. The largest absolute Gasteiger partial charge is 0.462 e. The number of amides is 1. The Labute approximate surface area is 179 Å². The highest BCUT2D eigenvalue weighted by atomic mass is 32.2. The Morgan fingerprint density at radius 1 is 1.10 bits per heavy atom. The molecule has 0 atom stereocenters. The van der Waals surface area contributed by atoms with Crippen LogP contribution in [0.3, 0.4) is 0 Å². The van der Waals surface area contributed by atoms with Crippen molar-refractivity contribution in [1.29, 1.82) is 0 Å². The fraction of sp³-hybridized carbons (Fsp3) is 0.273. The normalized spacial score (nSPS) is 10.6. The van der Waals surface area contributed by atoms with Crippen molar-refractivity contribution in [1.82, 2.24) is 10.2 Å². The maximum Gasteiger partial charge on any atom is 0.340 e. The Balaban J connectivity index is 1.56. The number of hydrogen-bond donors (Lipinski definition) is 1. The van der Waals surface area contributed by atoms with E-state index in [1.165, 1.54) is 11.1 Å². The number of anilines is 1. The summed E-state index contributed by atoms with van der Waals surface area (Å²) in [6.07, 6.45) is 0.536. The van der Waals surface area contributed by atoms with Gasteiger partial charge in [-0.3, -0.25) is 4.79 Å². The highest BCUT2D eigenvalue weighted by Gasteiger charge is 2.15. The molecule has 7 nitrogen and oxygen atoms in total. The van der Waals surface area contributed by atoms with Crippen LogP contribution in [0.1, 0.15) is 39.9 Å². The van der Waals surface area contributed by atoms with E-state index in [0.717, 1.165) is 17.3 Å². The van der Waals surface area contributed by atoms with Gasteiger partial charge in [-0.2, -0.15) is 0 Å². The van der Waals surface area contributed by atoms with E-state index >= 15 is 0 Å². The van der Waals surface area contributed by atoms with Gasteiger partial charge in [-0.1, -0.05) is 42.1 Å². The number of benzene rings is 2. The molecule has 1 amide bonds. The first-order valence-corrected chi connectivity index (χ1v) is 10.5. The van der Waals surface area contributed by atoms with Gasteiger partial charge in [0, 0.05) is 0 Å². The number of para-hydroxylation sites is 1. The molecule has 0 saturated carbocycles. The Bertz CT molecular complexity index is 1050. The molecule has 0 bridgehead atoms. The van der Waals surface area contributed by atoms with Gasteiger partial charge in [-0.25, -0.2) is 4.79 Å². The lowest BCUT2D eigenvalue weighted by molar-refractivity contribution is -0.113. The number of aryl methyl sites for hydroxylation is 2. The Morgan fingerprint density at radius 2 is 1.90 bits per heavy atom. The highest BCUT2D eigenvalue weighted by Crippen LogP contribution is 2.21.